The lowest BCUT2D eigenvalue weighted by molar-refractivity contribution is -0.118. The van der Waals surface area contributed by atoms with E-state index in [1.165, 1.54) is 0 Å². The minimum Gasteiger partial charge on any atom is -0.381 e. The van der Waals surface area contributed by atoms with E-state index in [0.29, 0.717) is 13.1 Å². The van der Waals surface area contributed by atoms with Crippen molar-refractivity contribution in [1.82, 2.24) is 4.90 Å². The number of carbonyl (C=O) groups excluding carboxylic acids is 1. The number of nitrogens with two attached hydrogens (primary N) is 1. The van der Waals surface area contributed by atoms with Crippen LogP contribution in [0.5, 0.6) is 0 Å². The third-order valence-corrected chi connectivity index (χ3v) is 4.58. The van der Waals surface area contributed by atoms with E-state index < -0.39 is 0 Å². The second kappa shape index (κ2) is 9.47. The van der Waals surface area contributed by atoms with Crippen molar-refractivity contribution in [2.24, 2.45) is 5.73 Å². The molecule has 2 rings (SSSR count). The molecule has 2 atom stereocenters. The molecule has 3 N–H and O–H groups in total. The Kier molecular flexibility index (Phi) is 8.35. The maximum Gasteiger partial charge on any atom is 0.238 e. The van der Waals surface area contributed by atoms with Crippen LogP contribution in [0.15, 0.2) is 28.7 Å². The number of amides is 1. The van der Waals surface area contributed by atoms with E-state index in [-0.39, 0.29) is 30.5 Å². The second-order valence-electron chi connectivity index (χ2n) is 5.27. The van der Waals surface area contributed by atoms with Gasteiger partial charge in [-0.25, -0.2) is 0 Å². The zero-order valence-corrected chi connectivity index (χ0v) is 15.0. The predicted molar refractivity (Wildman–Crippen MR) is 94.5 cm³/mol. The number of para-hydroxylation sites is 1. The lowest BCUT2D eigenvalue weighted by atomic mass is 9.99. The van der Waals surface area contributed by atoms with Gasteiger partial charge in [-0.1, -0.05) is 12.1 Å². The van der Waals surface area contributed by atoms with Gasteiger partial charge < -0.3 is 15.8 Å². The molecule has 0 aromatic heterocycles. The topological polar surface area (TPSA) is 67.6 Å². The van der Waals surface area contributed by atoms with Gasteiger partial charge in [0, 0.05) is 30.7 Å². The van der Waals surface area contributed by atoms with E-state index in [9.17, 15) is 4.79 Å². The molecule has 2 unspecified atom stereocenters. The number of benzene rings is 1. The van der Waals surface area contributed by atoms with Gasteiger partial charge in [-0.15, -0.1) is 12.4 Å². The van der Waals surface area contributed by atoms with Crippen LogP contribution >= 0.6 is 28.3 Å². The summed E-state index contributed by atoms with van der Waals surface area (Å²) in [6, 6.07) is 7.79. The summed E-state index contributed by atoms with van der Waals surface area (Å²) in [7, 11) is 1.73. The van der Waals surface area contributed by atoms with Crippen molar-refractivity contribution in [3.8, 4) is 0 Å². The van der Waals surface area contributed by atoms with Crippen molar-refractivity contribution in [3.05, 3.63) is 28.7 Å². The lowest BCUT2D eigenvalue weighted by Crippen LogP contribution is -2.50. The Morgan fingerprint density at radius 3 is 2.86 bits per heavy atom. The monoisotopic (exact) mass is 391 g/mol. The molecule has 1 aliphatic heterocycles. The number of methoxy groups -OCH3 is 1. The van der Waals surface area contributed by atoms with Crippen LogP contribution in [-0.2, 0) is 9.53 Å². The number of anilines is 1. The maximum absolute atomic E-state index is 12.2. The fourth-order valence-electron chi connectivity index (χ4n) is 2.67. The van der Waals surface area contributed by atoms with E-state index in [0.717, 1.165) is 29.5 Å². The number of hydrogen-bond donors (Lipinski definition) is 2. The Balaban J connectivity index is 0.00000242. The van der Waals surface area contributed by atoms with Gasteiger partial charge in [-0.05, 0) is 40.9 Å². The molecule has 1 heterocycles. The van der Waals surface area contributed by atoms with Gasteiger partial charge in [0.2, 0.25) is 5.91 Å². The number of ether oxygens (including phenoxy) is 1. The van der Waals surface area contributed by atoms with Gasteiger partial charge in [0.05, 0.1) is 18.3 Å². The molecule has 0 aliphatic carbocycles. The predicted octanol–water partition coefficient (Wildman–Crippen LogP) is 2.25. The molecule has 0 spiro atoms. The number of likely N-dealkylation sites (tertiary alicyclic amines) is 1. The second-order valence-corrected chi connectivity index (χ2v) is 6.12. The van der Waals surface area contributed by atoms with Crippen molar-refractivity contribution in [1.29, 1.82) is 0 Å². The number of piperidine rings is 1. The Hall–Kier alpha value is -0.660. The minimum absolute atomic E-state index is 0. The Bertz CT molecular complexity index is 490. The first-order valence-electron chi connectivity index (χ1n) is 7.15. The van der Waals surface area contributed by atoms with Gasteiger partial charge in [0.15, 0.2) is 0 Å². The van der Waals surface area contributed by atoms with Crippen molar-refractivity contribution in [3.63, 3.8) is 0 Å². The molecule has 22 heavy (non-hydrogen) atoms. The van der Waals surface area contributed by atoms with Crippen LogP contribution in [-0.4, -0.2) is 49.7 Å². The van der Waals surface area contributed by atoms with Gasteiger partial charge in [-0.3, -0.25) is 9.69 Å². The Labute approximate surface area is 146 Å². The molecule has 0 bridgehead atoms. The van der Waals surface area contributed by atoms with Crippen LogP contribution in [0.3, 0.4) is 0 Å². The van der Waals surface area contributed by atoms with E-state index >= 15 is 0 Å². The number of carbonyl (C=O) groups is 1. The third-order valence-electron chi connectivity index (χ3n) is 3.89. The fourth-order valence-corrected chi connectivity index (χ4v) is 3.05. The summed E-state index contributed by atoms with van der Waals surface area (Å²) in [6.07, 6.45) is 2.08. The summed E-state index contributed by atoms with van der Waals surface area (Å²) < 4.78 is 6.28. The first kappa shape index (κ1) is 19.4. The third kappa shape index (κ3) is 5.21. The number of nitrogens with one attached hydrogen (secondary N) is 1. The number of rotatable bonds is 5. The first-order valence-corrected chi connectivity index (χ1v) is 7.94. The largest absolute Gasteiger partial charge is 0.381 e. The van der Waals surface area contributed by atoms with Crippen LogP contribution in [0.1, 0.15) is 12.8 Å². The molecular formula is C15H23BrClN3O2. The summed E-state index contributed by atoms with van der Waals surface area (Å²) >= 11 is 3.43. The number of halogens is 2. The molecular weight excluding hydrogens is 370 g/mol. The average molecular weight is 393 g/mol. The summed E-state index contributed by atoms with van der Waals surface area (Å²) in [5, 5.41) is 2.93. The van der Waals surface area contributed by atoms with Crippen molar-refractivity contribution >= 4 is 39.9 Å². The molecule has 1 aromatic rings. The smallest absolute Gasteiger partial charge is 0.238 e. The van der Waals surface area contributed by atoms with E-state index in [1.54, 1.807) is 7.11 Å². The molecule has 0 saturated carbocycles. The zero-order valence-electron chi connectivity index (χ0n) is 12.6. The molecule has 1 fully saturated rings. The van der Waals surface area contributed by atoms with Crippen LogP contribution in [0.4, 0.5) is 5.69 Å². The molecule has 7 heteroatoms. The van der Waals surface area contributed by atoms with Crippen molar-refractivity contribution < 1.29 is 9.53 Å². The maximum atomic E-state index is 12.2. The first-order chi connectivity index (χ1) is 10.1. The van der Waals surface area contributed by atoms with Gasteiger partial charge in [0.25, 0.3) is 0 Å². The number of nitrogens with zero attached hydrogens (tertiary/aromatic N) is 1. The summed E-state index contributed by atoms with van der Waals surface area (Å²) in [5.41, 5.74) is 6.62. The van der Waals surface area contributed by atoms with Crippen LogP contribution in [0.25, 0.3) is 0 Å². The van der Waals surface area contributed by atoms with E-state index in [4.69, 9.17) is 10.5 Å². The highest BCUT2D eigenvalue weighted by atomic mass is 79.9. The normalized spacial score (nSPS) is 22.0. The fraction of sp³-hybridized carbons (Fsp3) is 0.533. The summed E-state index contributed by atoms with van der Waals surface area (Å²) in [4.78, 5) is 14.3. The molecule has 5 nitrogen and oxygen atoms in total. The average Bonchev–Trinajstić information content (AvgIpc) is 2.50. The highest BCUT2D eigenvalue weighted by Crippen LogP contribution is 2.22. The van der Waals surface area contributed by atoms with Gasteiger partial charge in [0.1, 0.15) is 0 Å². The van der Waals surface area contributed by atoms with Crippen molar-refractivity contribution in [2.75, 3.05) is 32.1 Å². The molecule has 1 aliphatic rings. The number of hydrogen-bond acceptors (Lipinski definition) is 4. The Morgan fingerprint density at radius 2 is 2.23 bits per heavy atom. The lowest BCUT2D eigenvalue weighted by Gasteiger charge is -2.37. The van der Waals surface area contributed by atoms with Crippen molar-refractivity contribution in [2.45, 2.75) is 25.0 Å². The molecule has 0 radical (unpaired) electrons. The molecule has 1 saturated heterocycles. The van der Waals surface area contributed by atoms with Gasteiger partial charge in [-0.2, -0.15) is 0 Å². The standard InChI is InChI=1S/C15H22BrN3O2.ClH/c1-21-12-6-7-19(11(8-12)9-17)10-15(20)18-14-5-3-2-4-13(14)16;/h2-5,11-12H,6-10,17H2,1H3,(H,18,20);1H. The van der Waals surface area contributed by atoms with Crippen LogP contribution in [0, 0.1) is 0 Å². The summed E-state index contributed by atoms with van der Waals surface area (Å²) in [6.45, 7) is 1.74. The summed E-state index contributed by atoms with van der Waals surface area (Å²) in [5.74, 6) is -0.0174. The van der Waals surface area contributed by atoms with Gasteiger partial charge >= 0.3 is 0 Å². The van der Waals surface area contributed by atoms with E-state index in [1.807, 2.05) is 24.3 Å². The quantitative estimate of drug-likeness (QED) is 0.806. The molecule has 124 valence electrons. The SMILES string of the molecule is COC1CCN(CC(=O)Nc2ccccc2Br)C(CN)C1.Cl. The van der Waals surface area contributed by atoms with E-state index in [2.05, 4.69) is 26.1 Å². The zero-order chi connectivity index (χ0) is 15.2. The Morgan fingerprint density at radius 1 is 1.50 bits per heavy atom. The highest BCUT2D eigenvalue weighted by Gasteiger charge is 2.28. The molecule has 1 aromatic carbocycles. The minimum atomic E-state index is -0.0174. The van der Waals surface area contributed by atoms with Crippen LogP contribution in [0.2, 0.25) is 0 Å². The highest BCUT2D eigenvalue weighted by molar-refractivity contribution is 9.10. The van der Waals surface area contributed by atoms with Crippen LogP contribution < -0.4 is 11.1 Å². The molecule has 1 amide bonds.